The molecular weight excluding hydrogens is 368 g/mol. The molecule has 7 nitrogen and oxygen atoms in total. The number of carbonyl (C=O) groups excluding carboxylic acids is 3. The highest BCUT2D eigenvalue weighted by Gasteiger charge is 2.41. The van der Waals surface area contributed by atoms with Gasteiger partial charge in [0.2, 0.25) is 5.91 Å². The zero-order valence-electron chi connectivity index (χ0n) is 16.9. The molecule has 29 heavy (non-hydrogen) atoms. The van der Waals surface area contributed by atoms with Gasteiger partial charge in [0.15, 0.2) is 0 Å². The third-order valence-corrected chi connectivity index (χ3v) is 5.77. The highest BCUT2D eigenvalue weighted by Crippen LogP contribution is 2.28. The normalized spacial score (nSPS) is 19.2. The Morgan fingerprint density at radius 3 is 2.41 bits per heavy atom. The Kier molecular flexibility index (Phi) is 6.86. The Labute approximate surface area is 171 Å². The predicted octanol–water partition coefficient (Wildman–Crippen LogP) is 1.96. The van der Waals surface area contributed by atoms with E-state index in [1.807, 2.05) is 37.3 Å². The van der Waals surface area contributed by atoms with E-state index in [1.165, 1.54) is 4.90 Å². The molecule has 2 aliphatic rings. The van der Waals surface area contributed by atoms with E-state index in [9.17, 15) is 14.4 Å². The predicted molar refractivity (Wildman–Crippen MR) is 107 cm³/mol. The van der Waals surface area contributed by atoms with Crippen LogP contribution in [0.1, 0.15) is 44.2 Å². The number of benzene rings is 1. The highest BCUT2D eigenvalue weighted by molar-refractivity contribution is 6.35. The third-order valence-electron chi connectivity index (χ3n) is 5.77. The van der Waals surface area contributed by atoms with Gasteiger partial charge in [0.1, 0.15) is 6.04 Å². The minimum atomic E-state index is -0.806. The number of rotatable bonds is 6. The quantitative estimate of drug-likeness (QED) is 0.688. The van der Waals surface area contributed by atoms with Crippen molar-refractivity contribution >= 4 is 17.7 Å². The van der Waals surface area contributed by atoms with Gasteiger partial charge in [0.25, 0.3) is 0 Å². The second-order valence-corrected chi connectivity index (χ2v) is 7.69. The van der Waals surface area contributed by atoms with Crippen LogP contribution in [0.15, 0.2) is 30.3 Å². The first-order chi connectivity index (χ1) is 14.1. The zero-order chi connectivity index (χ0) is 20.8. The number of hydrogen-bond acceptors (Lipinski definition) is 4. The van der Waals surface area contributed by atoms with Crippen LogP contribution in [0, 0.1) is 17.2 Å². The Morgan fingerprint density at radius 1 is 1.10 bits per heavy atom. The van der Waals surface area contributed by atoms with Crippen LogP contribution in [0.3, 0.4) is 0 Å². The number of hydrogen-bond donors (Lipinski definition) is 0. The van der Waals surface area contributed by atoms with Crippen molar-refractivity contribution < 1.29 is 14.4 Å². The molecule has 1 atom stereocenters. The Balaban J connectivity index is 1.82. The van der Waals surface area contributed by atoms with Gasteiger partial charge in [-0.15, -0.1) is 0 Å². The molecule has 0 bridgehead atoms. The van der Waals surface area contributed by atoms with E-state index >= 15 is 0 Å². The topological polar surface area (TPSA) is 84.7 Å². The Morgan fingerprint density at radius 2 is 1.79 bits per heavy atom. The van der Waals surface area contributed by atoms with Crippen LogP contribution in [0.2, 0.25) is 0 Å². The monoisotopic (exact) mass is 396 g/mol. The van der Waals surface area contributed by atoms with Crippen LogP contribution in [0.25, 0.3) is 0 Å². The van der Waals surface area contributed by atoms with Crippen LogP contribution in [-0.4, -0.2) is 65.1 Å². The van der Waals surface area contributed by atoms with E-state index in [2.05, 4.69) is 6.07 Å². The summed E-state index contributed by atoms with van der Waals surface area (Å²) >= 11 is 0. The average Bonchev–Trinajstić information content (AvgIpc) is 2.77. The number of carbonyl (C=O) groups is 3. The van der Waals surface area contributed by atoms with E-state index in [0.717, 1.165) is 12.8 Å². The zero-order valence-corrected chi connectivity index (χ0v) is 16.9. The minimum absolute atomic E-state index is 0.0282. The van der Waals surface area contributed by atoms with Crippen LogP contribution in [0.5, 0.6) is 0 Å². The molecule has 2 heterocycles. The second-order valence-electron chi connectivity index (χ2n) is 7.69. The van der Waals surface area contributed by atoms with Gasteiger partial charge in [0.05, 0.1) is 6.07 Å². The van der Waals surface area contributed by atoms with Gasteiger partial charge in [-0.25, -0.2) is 0 Å². The molecule has 0 N–H and O–H groups in total. The van der Waals surface area contributed by atoms with Gasteiger partial charge < -0.3 is 14.7 Å². The lowest BCUT2D eigenvalue weighted by atomic mass is 9.96. The summed E-state index contributed by atoms with van der Waals surface area (Å²) in [6.07, 6.45) is 3.09. The summed E-state index contributed by atoms with van der Waals surface area (Å²) in [4.78, 5) is 43.7. The standard InChI is InChI=1S/C22H28N4O3/c1-2-3-11-24-14-15-26(22(29)21(24)28)19(18-7-5-4-6-8-18)20(27)25-12-9-17(16-23)10-13-25/h4-8,17,19H,2-3,9-15H2,1H3. The Bertz CT molecular complexity index is 781. The number of piperazine rings is 1. The SMILES string of the molecule is CCCCN1CCN(C(C(=O)N2CCC(C#N)CC2)c2ccccc2)C(=O)C1=O. The van der Waals surface area contributed by atoms with Crippen molar-refractivity contribution in [2.75, 3.05) is 32.7 Å². The van der Waals surface area contributed by atoms with Gasteiger partial charge in [-0.05, 0) is 24.8 Å². The fourth-order valence-corrected chi connectivity index (χ4v) is 3.99. The van der Waals surface area contributed by atoms with Crippen molar-refractivity contribution in [3.63, 3.8) is 0 Å². The molecule has 1 aromatic rings. The van der Waals surface area contributed by atoms with Gasteiger partial charge in [-0.1, -0.05) is 43.7 Å². The van der Waals surface area contributed by atoms with E-state index < -0.39 is 17.9 Å². The lowest BCUT2D eigenvalue weighted by Gasteiger charge is -2.40. The smallest absolute Gasteiger partial charge is 0.313 e. The third kappa shape index (κ3) is 4.58. The number of nitrogens with zero attached hydrogens (tertiary/aromatic N) is 4. The molecule has 154 valence electrons. The van der Waals surface area contributed by atoms with Crippen molar-refractivity contribution in [2.45, 2.75) is 38.6 Å². The molecule has 0 aliphatic carbocycles. The molecule has 2 saturated heterocycles. The number of piperidine rings is 1. The van der Waals surface area contributed by atoms with E-state index in [1.54, 1.807) is 9.80 Å². The lowest BCUT2D eigenvalue weighted by Crippen LogP contribution is -2.58. The molecule has 1 aromatic carbocycles. The van der Waals surface area contributed by atoms with Crippen molar-refractivity contribution in [2.24, 2.45) is 5.92 Å². The fraction of sp³-hybridized carbons (Fsp3) is 0.545. The highest BCUT2D eigenvalue weighted by atomic mass is 16.2. The first-order valence-corrected chi connectivity index (χ1v) is 10.4. The molecular formula is C22H28N4O3. The van der Waals surface area contributed by atoms with Crippen molar-refractivity contribution in [3.8, 4) is 6.07 Å². The maximum absolute atomic E-state index is 13.4. The second kappa shape index (κ2) is 9.55. The maximum atomic E-state index is 13.4. The summed E-state index contributed by atoms with van der Waals surface area (Å²) < 4.78 is 0. The van der Waals surface area contributed by atoms with Crippen LogP contribution in [0.4, 0.5) is 0 Å². The Hall–Kier alpha value is -2.88. The first kappa shape index (κ1) is 20.8. The van der Waals surface area contributed by atoms with E-state index in [-0.39, 0.29) is 11.8 Å². The molecule has 7 heteroatoms. The molecule has 0 radical (unpaired) electrons. The summed E-state index contributed by atoms with van der Waals surface area (Å²) in [6.45, 7) is 4.40. The molecule has 2 fully saturated rings. The van der Waals surface area contributed by atoms with Crippen LogP contribution < -0.4 is 0 Å². The van der Waals surface area contributed by atoms with Crippen LogP contribution >= 0.6 is 0 Å². The van der Waals surface area contributed by atoms with Crippen LogP contribution in [-0.2, 0) is 14.4 Å². The maximum Gasteiger partial charge on any atom is 0.313 e. The summed E-state index contributed by atoms with van der Waals surface area (Å²) in [6, 6.07) is 10.6. The van der Waals surface area contributed by atoms with Gasteiger partial charge in [-0.3, -0.25) is 14.4 Å². The molecule has 0 spiro atoms. The number of nitriles is 1. The molecule has 3 rings (SSSR count). The van der Waals surface area contributed by atoms with E-state index in [0.29, 0.717) is 51.1 Å². The summed E-state index contributed by atoms with van der Waals surface area (Å²) in [7, 11) is 0. The molecule has 0 saturated carbocycles. The molecule has 3 amide bonds. The molecule has 2 aliphatic heterocycles. The minimum Gasteiger partial charge on any atom is -0.341 e. The van der Waals surface area contributed by atoms with Crippen molar-refractivity contribution in [1.82, 2.24) is 14.7 Å². The summed E-state index contributed by atoms with van der Waals surface area (Å²) in [5.41, 5.74) is 0.711. The van der Waals surface area contributed by atoms with E-state index in [4.69, 9.17) is 5.26 Å². The molecule has 1 unspecified atom stereocenters. The van der Waals surface area contributed by atoms with Gasteiger partial charge in [0, 0.05) is 38.6 Å². The van der Waals surface area contributed by atoms with Crippen molar-refractivity contribution in [1.29, 1.82) is 5.26 Å². The largest absolute Gasteiger partial charge is 0.341 e. The number of likely N-dealkylation sites (tertiary alicyclic amines) is 1. The lowest BCUT2D eigenvalue weighted by molar-refractivity contribution is -0.161. The fourth-order valence-electron chi connectivity index (χ4n) is 3.99. The average molecular weight is 396 g/mol. The number of amides is 3. The molecule has 0 aromatic heterocycles. The first-order valence-electron chi connectivity index (χ1n) is 10.4. The summed E-state index contributed by atoms with van der Waals surface area (Å²) in [5.74, 6) is -1.33. The van der Waals surface area contributed by atoms with Gasteiger partial charge in [-0.2, -0.15) is 5.26 Å². The number of unbranched alkanes of at least 4 members (excludes halogenated alkanes) is 1. The van der Waals surface area contributed by atoms with Gasteiger partial charge >= 0.3 is 11.8 Å². The van der Waals surface area contributed by atoms with Crippen molar-refractivity contribution in [3.05, 3.63) is 35.9 Å². The summed E-state index contributed by atoms with van der Waals surface area (Å²) in [5, 5.41) is 9.11.